The normalized spacial score (nSPS) is 28.4. The van der Waals surface area contributed by atoms with Crippen LogP contribution in [0.25, 0.3) is 0 Å². The number of piperidine rings is 1. The Morgan fingerprint density at radius 1 is 1.29 bits per heavy atom. The number of carboxylic acid groups (broad SMARTS) is 1. The fourth-order valence-electron chi connectivity index (χ4n) is 3.31. The summed E-state index contributed by atoms with van der Waals surface area (Å²) in [7, 11) is 0. The van der Waals surface area contributed by atoms with Crippen LogP contribution in [0.15, 0.2) is 0 Å². The lowest BCUT2D eigenvalue weighted by molar-refractivity contribution is -0.143. The summed E-state index contributed by atoms with van der Waals surface area (Å²) >= 11 is 0. The maximum atomic E-state index is 12.3. The van der Waals surface area contributed by atoms with Crippen molar-refractivity contribution in [3.63, 3.8) is 0 Å². The van der Waals surface area contributed by atoms with Crippen molar-refractivity contribution < 1.29 is 14.7 Å². The van der Waals surface area contributed by atoms with E-state index >= 15 is 0 Å². The van der Waals surface area contributed by atoms with Gasteiger partial charge < -0.3 is 20.2 Å². The number of urea groups is 1. The lowest BCUT2D eigenvalue weighted by Gasteiger charge is -2.36. The highest BCUT2D eigenvalue weighted by atomic mass is 16.4. The minimum atomic E-state index is -0.899. The molecule has 21 heavy (non-hydrogen) atoms. The molecule has 2 heterocycles. The van der Waals surface area contributed by atoms with Crippen molar-refractivity contribution in [3.05, 3.63) is 0 Å². The summed E-state index contributed by atoms with van der Waals surface area (Å²) in [4.78, 5) is 27.5. The Kier molecular flexibility index (Phi) is 5.45. The Hall–Kier alpha value is -1.30. The minimum Gasteiger partial charge on any atom is -0.480 e. The van der Waals surface area contributed by atoms with Gasteiger partial charge in [0.15, 0.2) is 0 Å². The number of aliphatic carboxylic acids is 1. The number of hydrogen-bond donors (Lipinski definition) is 2. The molecular formula is C15H27N3O3. The summed E-state index contributed by atoms with van der Waals surface area (Å²) in [6.45, 7) is 7.59. The number of carboxylic acids is 1. The van der Waals surface area contributed by atoms with E-state index in [-0.39, 0.29) is 12.1 Å². The molecule has 2 amide bonds. The summed E-state index contributed by atoms with van der Waals surface area (Å²) < 4.78 is 0. The molecule has 2 rings (SSSR count). The molecule has 3 unspecified atom stereocenters. The first kappa shape index (κ1) is 16.1. The highest BCUT2D eigenvalue weighted by Gasteiger charge is 2.35. The summed E-state index contributed by atoms with van der Waals surface area (Å²) in [5.74, 6) is -0.541. The molecule has 0 bridgehead atoms. The molecule has 6 nitrogen and oxygen atoms in total. The van der Waals surface area contributed by atoms with Crippen LogP contribution < -0.4 is 5.32 Å². The fourth-order valence-corrected chi connectivity index (χ4v) is 3.31. The van der Waals surface area contributed by atoms with Crippen LogP contribution in [0.4, 0.5) is 4.79 Å². The lowest BCUT2D eigenvalue weighted by atomic mass is 9.93. The molecule has 2 N–H and O–H groups in total. The molecule has 0 aromatic rings. The van der Waals surface area contributed by atoms with Gasteiger partial charge in [-0.25, -0.2) is 9.59 Å². The lowest BCUT2D eigenvalue weighted by Crippen LogP contribution is -2.55. The quantitative estimate of drug-likeness (QED) is 0.822. The Morgan fingerprint density at radius 2 is 1.95 bits per heavy atom. The number of carbonyl (C=O) groups excluding carboxylic acids is 1. The Labute approximate surface area is 126 Å². The van der Waals surface area contributed by atoms with Crippen LogP contribution in [0.5, 0.6) is 0 Å². The molecule has 120 valence electrons. The monoisotopic (exact) mass is 297 g/mol. The van der Waals surface area contributed by atoms with Gasteiger partial charge in [-0.1, -0.05) is 6.92 Å². The number of likely N-dealkylation sites (tertiary alicyclic amines) is 2. The van der Waals surface area contributed by atoms with Gasteiger partial charge >= 0.3 is 12.0 Å². The number of nitrogens with one attached hydrogen (secondary N) is 1. The molecule has 0 aromatic heterocycles. The topological polar surface area (TPSA) is 72.9 Å². The highest BCUT2D eigenvalue weighted by molar-refractivity contribution is 5.83. The molecule has 6 heteroatoms. The van der Waals surface area contributed by atoms with Gasteiger partial charge in [0.25, 0.3) is 0 Å². The number of rotatable bonds is 4. The van der Waals surface area contributed by atoms with Gasteiger partial charge in [0, 0.05) is 19.1 Å². The predicted molar refractivity (Wildman–Crippen MR) is 80.2 cm³/mol. The van der Waals surface area contributed by atoms with Crippen LogP contribution in [0.2, 0.25) is 0 Å². The SMILES string of the molecule is CC1CCN(C(=O)NC(C)CN2CCCC2)C(C(=O)O)C1. The standard InChI is InChI=1S/C15H27N3O3/c1-11-5-8-18(13(9-11)14(19)20)15(21)16-12(2)10-17-6-3-4-7-17/h11-13H,3-10H2,1-2H3,(H,16,21)(H,19,20). The second-order valence-corrected chi connectivity index (χ2v) is 6.54. The van der Waals surface area contributed by atoms with Crippen LogP contribution in [0, 0.1) is 5.92 Å². The zero-order chi connectivity index (χ0) is 15.4. The molecule has 2 aliphatic heterocycles. The molecule has 0 aliphatic carbocycles. The molecular weight excluding hydrogens is 270 g/mol. The van der Waals surface area contributed by atoms with E-state index in [2.05, 4.69) is 10.2 Å². The van der Waals surface area contributed by atoms with Crippen LogP contribution in [0.3, 0.4) is 0 Å². The smallest absolute Gasteiger partial charge is 0.326 e. The van der Waals surface area contributed by atoms with Crippen LogP contribution in [0.1, 0.15) is 39.5 Å². The van der Waals surface area contributed by atoms with Gasteiger partial charge in [-0.15, -0.1) is 0 Å². The van der Waals surface area contributed by atoms with E-state index in [0.29, 0.717) is 18.9 Å². The third-order valence-corrected chi connectivity index (χ3v) is 4.51. The third-order valence-electron chi connectivity index (χ3n) is 4.51. The van der Waals surface area contributed by atoms with Crippen molar-refractivity contribution in [1.29, 1.82) is 0 Å². The number of amides is 2. The number of hydrogen-bond acceptors (Lipinski definition) is 3. The fraction of sp³-hybridized carbons (Fsp3) is 0.867. The summed E-state index contributed by atoms with van der Waals surface area (Å²) in [6.07, 6.45) is 3.87. The Bertz CT molecular complexity index is 382. The molecule has 0 spiro atoms. The predicted octanol–water partition coefficient (Wildman–Crippen LogP) is 1.37. The van der Waals surface area contributed by atoms with E-state index in [9.17, 15) is 14.7 Å². The second-order valence-electron chi connectivity index (χ2n) is 6.54. The van der Waals surface area contributed by atoms with Crippen molar-refractivity contribution in [2.75, 3.05) is 26.2 Å². The number of carbonyl (C=O) groups is 2. The van der Waals surface area contributed by atoms with E-state index < -0.39 is 12.0 Å². The molecule has 2 aliphatic rings. The molecule has 0 radical (unpaired) electrons. The maximum Gasteiger partial charge on any atom is 0.326 e. The van der Waals surface area contributed by atoms with Gasteiger partial charge in [-0.05, 0) is 51.6 Å². The molecule has 2 fully saturated rings. The third kappa shape index (κ3) is 4.33. The van der Waals surface area contributed by atoms with Gasteiger partial charge in [-0.2, -0.15) is 0 Å². The van der Waals surface area contributed by atoms with Gasteiger partial charge in [-0.3, -0.25) is 0 Å². The average Bonchev–Trinajstić information content (AvgIpc) is 2.90. The summed E-state index contributed by atoms with van der Waals surface area (Å²) in [5.41, 5.74) is 0. The maximum absolute atomic E-state index is 12.3. The van der Waals surface area contributed by atoms with E-state index in [1.54, 1.807) is 0 Å². The zero-order valence-electron chi connectivity index (χ0n) is 13.0. The van der Waals surface area contributed by atoms with E-state index in [1.807, 2.05) is 13.8 Å². The van der Waals surface area contributed by atoms with Crippen molar-refractivity contribution in [3.8, 4) is 0 Å². The van der Waals surface area contributed by atoms with E-state index in [0.717, 1.165) is 26.1 Å². The largest absolute Gasteiger partial charge is 0.480 e. The zero-order valence-corrected chi connectivity index (χ0v) is 13.0. The first-order chi connectivity index (χ1) is 9.97. The molecule has 0 aromatic carbocycles. The van der Waals surface area contributed by atoms with Gasteiger partial charge in [0.1, 0.15) is 6.04 Å². The Balaban J connectivity index is 1.86. The van der Waals surface area contributed by atoms with Crippen molar-refractivity contribution in [1.82, 2.24) is 15.1 Å². The number of nitrogens with zero attached hydrogens (tertiary/aromatic N) is 2. The van der Waals surface area contributed by atoms with E-state index in [4.69, 9.17) is 0 Å². The van der Waals surface area contributed by atoms with Crippen LogP contribution in [-0.4, -0.2) is 65.2 Å². The summed E-state index contributed by atoms with van der Waals surface area (Å²) in [5, 5.41) is 12.3. The second kappa shape index (κ2) is 7.11. The first-order valence-electron chi connectivity index (χ1n) is 7.99. The molecule has 2 saturated heterocycles. The van der Waals surface area contributed by atoms with Crippen molar-refractivity contribution in [2.24, 2.45) is 5.92 Å². The molecule has 0 saturated carbocycles. The van der Waals surface area contributed by atoms with E-state index in [1.165, 1.54) is 17.7 Å². The van der Waals surface area contributed by atoms with Crippen molar-refractivity contribution in [2.45, 2.75) is 51.6 Å². The van der Waals surface area contributed by atoms with Gasteiger partial charge in [0.2, 0.25) is 0 Å². The minimum absolute atomic E-state index is 0.0457. The summed E-state index contributed by atoms with van der Waals surface area (Å²) in [6, 6.07) is -0.877. The average molecular weight is 297 g/mol. The molecule has 3 atom stereocenters. The van der Waals surface area contributed by atoms with Crippen LogP contribution in [-0.2, 0) is 4.79 Å². The Morgan fingerprint density at radius 3 is 2.57 bits per heavy atom. The van der Waals surface area contributed by atoms with Crippen molar-refractivity contribution >= 4 is 12.0 Å². The highest BCUT2D eigenvalue weighted by Crippen LogP contribution is 2.22. The van der Waals surface area contributed by atoms with Gasteiger partial charge in [0.05, 0.1) is 0 Å². The first-order valence-corrected chi connectivity index (χ1v) is 7.99. The van der Waals surface area contributed by atoms with Crippen LogP contribution >= 0.6 is 0 Å².